The van der Waals surface area contributed by atoms with Gasteiger partial charge in [0, 0.05) is 18.5 Å². The third-order valence-electron chi connectivity index (χ3n) is 2.60. The number of hydrogen-bond acceptors (Lipinski definition) is 1. The van der Waals surface area contributed by atoms with E-state index in [0.29, 0.717) is 5.54 Å². The first-order chi connectivity index (χ1) is 5.17. The lowest BCUT2D eigenvalue weighted by Crippen LogP contribution is -2.38. The van der Waals surface area contributed by atoms with Gasteiger partial charge in [-0.25, -0.2) is 0 Å². The Balaban J connectivity index is 2.40. The van der Waals surface area contributed by atoms with Gasteiger partial charge in [0.05, 0.1) is 0 Å². The second kappa shape index (κ2) is 3.28. The maximum Gasteiger partial charge on any atom is 0.0214 e. The minimum absolute atomic E-state index is 0.400. The summed E-state index contributed by atoms with van der Waals surface area (Å²) in [5.41, 5.74) is 0.400. The first-order valence-electron chi connectivity index (χ1n) is 4.35. The van der Waals surface area contributed by atoms with E-state index >= 15 is 0 Å². The number of likely N-dealkylation sites (tertiary alicyclic amines) is 1. The van der Waals surface area contributed by atoms with Gasteiger partial charge >= 0.3 is 0 Å². The van der Waals surface area contributed by atoms with Crippen LogP contribution < -0.4 is 0 Å². The summed E-state index contributed by atoms with van der Waals surface area (Å²) in [5.74, 6) is 2.69. The van der Waals surface area contributed by atoms with Crippen molar-refractivity contribution >= 4 is 0 Å². The molecule has 11 heavy (non-hydrogen) atoms. The van der Waals surface area contributed by atoms with Crippen molar-refractivity contribution in [3.05, 3.63) is 0 Å². The van der Waals surface area contributed by atoms with E-state index < -0.39 is 0 Å². The Morgan fingerprint density at radius 2 is 2.27 bits per heavy atom. The van der Waals surface area contributed by atoms with Crippen LogP contribution in [0, 0.1) is 12.3 Å². The second-order valence-corrected chi connectivity index (χ2v) is 3.86. The average Bonchev–Trinajstić information content (AvgIpc) is 2.25. The second-order valence-electron chi connectivity index (χ2n) is 3.86. The lowest BCUT2D eigenvalue weighted by atomic mass is 10.0. The quantitative estimate of drug-likeness (QED) is 0.545. The van der Waals surface area contributed by atoms with Gasteiger partial charge in [-0.05, 0) is 33.2 Å². The highest BCUT2D eigenvalue weighted by molar-refractivity contribution is 4.91. The third kappa shape index (κ3) is 1.97. The maximum atomic E-state index is 5.22. The predicted octanol–water partition coefficient (Wildman–Crippen LogP) is 1.88. The van der Waals surface area contributed by atoms with Crippen molar-refractivity contribution in [1.29, 1.82) is 0 Å². The van der Waals surface area contributed by atoms with Crippen LogP contribution in [0.3, 0.4) is 0 Å². The molecule has 1 aliphatic rings. The van der Waals surface area contributed by atoms with E-state index in [1.807, 2.05) is 0 Å². The monoisotopic (exact) mass is 151 g/mol. The van der Waals surface area contributed by atoms with Gasteiger partial charge in [0.25, 0.3) is 0 Å². The van der Waals surface area contributed by atoms with Gasteiger partial charge in [0.2, 0.25) is 0 Å². The van der Waals surface area contributed by atoms with Crippen LogP contribution in [0.5, 0.6) is 0 Å². The fraction of sp³-hybridized carbons (Fsp3) is 0.800. The van der Waals surface area contributed by atoms with Gasteiger partial charge in [-0.2, -0.15) is 0 Å². The van der Waals surface area contributed by atoms with Crippen LogP contribution in [0.25, 0.3) is 0 Å². The molecule has 0 aromatic heterocycles. The van der Waals surface area contributed by atoms with Crippen molar-refractivity contribution in [2.24, 2.45) is 0 Å². The summed E-state index contributed by atoms with van der Waals surface area (Å²) in [7, 11) is 0. The standard InChI is InChI=1S/C10H17N/c1-4-5-8-11-9-6-7-10(11,2)3/h1H,5-9H2,2-3H3. The minimum Gasteiger partial charge on any atom is -0.297 e. The normalized spacial score (nSPS) is 23.4. The molecule has 0 amide bonds. The zero-order valence-corrected chi connectivity index (χ0v) is 7.56. The first kappa shape index (κ1) is 8.62. The van der Waals surface area contributed by atoms with E-state index in [1.54, 1.807) is 0 Å². The van der Waals surface area contributed by atoms with Gasteiger partial charge in [-0.1, -0.05) is 0 Å². The summed E-state index contributed by atoms with van der Waals surface area (Å²) in [5, 5.41) is 0. The molecule has 1 heteroatoms. The molecule has 1 nitrogen and oxygen atoms in total. The van der Waals surface area contributed by atoms with Crippen molar-refractivity contribution in [2.45, 2.75) is 38.6 Å². The van der Waals surface area contributed by atoms with E-state index in [-0.39, 0.29) is 0 Å². The topological polar surface area (TPSA) is 3.24 Å². The molecule has 1 heterocycles. The summed E-state index contributed by atoms with van der Waals surface area (Å²) in [6.07, 6.45) is 8.76. The Bertz CT molecular complexity index is 164. The van der Waals surface area contributed by atoms with Gasteiger partial charge in [0.1, 0.15) is 0 Å². The molecule has 0 unspecified atom stereocenters. The van der Waals surface area contributed by atoms with Gasteiger partial charge < -0.3 is 0 Å². The van der Waals surface area contributed by atoms with Crippen molar-refractivity contribution in [1.82, 2.24) is 4.90 Å². The molecule has 62 valence electrons. The molecule has 0 bridgehead atoms. The zero-order valence-electron chi connectivity index (χ0n) is 7.56. The van der Waals surface area contributed by atoms with E-state index in [0.717, 1.165) is 13.0 Å². The zero-order chi connectivity index (χ0) is 8.32. The molecular formula is C10H17N. The fourth-order valence-electron chi connectivity index (χ4n) is 1.78. The van der Waals surface area contributed by atoms with E-state index in [1.165, 1.54) is 19.4 Å². The fourth-order valence-corrected chi connectivity index (χ4v) is 1.78. The van der Waals surface area contributed by atoms with Crippen molar-refractivity contribution < 1.29 is 0 Å². The molecule has 0 aliphatic carbocycles. The van der Waals surface area contributed by atoms with Crippen molar-refractivity contribution in [3.8, 4) is 12.3 Å². The Kier molecular flexibility index (Phi) is 2.57. The summed E-state index contributed by atoms with van der Waals surface area (Å²) in [4.78, 5) is 2.49. The van der Waals surface area contributed by atoms with Crippen LogP contribution in [0.2, 0.25) is 0 Å². The highest BCUT2D eigenvalue weighted by Gasteiger charge is 2.30. The Morgan fingerprint density at radius 1 is 1.55 bits per heavy atom. The van der Waals surface area contributed by atoms with Crippen LogP contribution in [-0.4, -0.2) is 23.5 Å². The number of terminal acetylenes is 1. The minimum atomic E-state index is 0.400. The molecule has 0 atom stereocenters. The lowest BCUT2D eigenvalue weighted by Gasteiger charge is -2.30. The molecule has 1 rings (SSSR count). The highest BCUT2D eigenvalue weighted by atomic mass is 15.2. The predicted molar refractivity (Wildman–Crippen MR) is 48.3 cm³/mol. The summed E-state index contributed by atoms with van der Waals surface area (Å²) in [6, 6.07) is 0. The molecular weight excluding hydrogens is 134 g/mol. The SMILES string of the molecule is C#CCCN1CCCC1(C)C. The molecule has 1 aliphatic heterocycles. The van der Waals surface area contributed by atoms with Crippen molar-refractivity contribution in [3.63, 3.8) is 0 Å². The highest BCUT2D eigenvalue weighted by Crippen LogP contribution is 2.27. The summed E-state index contributed by atoms with van der Waals surface area (Å²) in [6.45, 7) is 6.91. The average molecular weight is 151 g/mol. The van der Waals surface area contributed by atoms with Crippen LogP contribution in [-0.2, 0) is 0 Å². The molecule has 0 aromatic rings. The number of nitrogens with zero attached hydrogens (tertiary/aromatic N) is 1. The maximum absolute atomic E-state index is 5.22. The molecule has 1 saturated heterocycles. The smallest absolute Gasteiger partial charge is 0.0214 e. The first-order valence-corrected chi connectivity index (χ1v) is 4.35. The van der Waals surface area contributed by atoms with E-state index in [9.17, 15) is 0 Å². The van der Waals surface area contributed by atoms with E-state index in [4.69, 9.17) is 6.42 Å². The molecule has 0 saturated carbocycles. The number of rotatable bonds is 2. The van der Waals surface area contributed by atoms with Gasteiger partial charge in [-0.3, -0.25) is 4.90 Å². The Labute approximate surface area is 69.8 Å². The molecule has 0 radical (unpaired) electrons. The number of hydrogen-bond donors (Lipinski definition) is 0. The summed E-state index contributed by atoms with van der Waals surface area (Å²) >= 11 is 0. The molecule has 0 aromatic carbocycles. The van der Waals surface area contributed by atoms with Crippen LogP contribution in [0.15, 0.2) is 0 Å². The largest absolute Gasteiger partial charge is 0.297 e. The Morgan fingerprint density at radius 3 is 2.73 bits per heavy atom. The van der Waals surface area contributed by atoms with Crippen molar-refractivity contribution in [2.75, 3.05) is 13.1 Å². The van der Waals surface area contributed by atoms with Gasteiger partial charge in [0.15, 0.2) is 0 Å². The molecule has 1 fully saturated rings. The van der Waals surface area contributed by atoms with Crippen LogP contribution in [0.4, 0.5) is 0 Å². The molecule has 0 spiro atoms. The lowest BCUT2D eigenvalue weighted by molar-refractivity contribution is 0.179. The third-order valence-corrected chi connectivity index (χ3v) is 2.60. The van der Waals surface area contributed by atoms with Gasteiger partial charge in [-0.15, -0.1) is 12.3 Å². The van der Waals surface area contributed by atoms with E-state index in [2.05, 4.69) is 24.7 Å². The Hall–Kier alpha value is -0.480. The van der Waals surface area contributed by atoms with Crippen LogP contribution >= 0.6 is 0 Å². The van der Waals surface area contributed by atoms with Crippen LogP contribution in [0.1, 0.15) is 33.1 Å². The molecule has 0 N–H and O–H groups in total. The summed E-state index contributed by atoms with van der Waals surface area (Å²) < 4.78 is 0.